The van der Waals surface area contributed by atoms with Crippen LogP contribution in [0.5, 0.6) is 0 Å². The van der Waals surface area contributed by atoms with Gasteiger partial charge in [-0.25, -0.2) is 0 Å². The number of nitrogens with two attached hydrogens (primary N) is 1. The van der Waals surface area contributed by atoms with Gasteiger partial charge in [0.25, 0.3) is 0 Å². The number of rotatable bonds is 50. The lowest BCUT2D eigenvalue weighted by atomic mass is 10.0. The van der Waals surface area contributed by atoms with Crippen molar-refractivity contribution in [3.63, 3.8) is 0 Å². The predicted molar refractivity (Wildman–Crippen MR) is 267 cm³/mol. The van der Waals surface area contributed by atoms with E-state index in [1.807, 2.05) is 0 Å². The number of hydrogen-bond acceptors (Lipinski definition) is 11. The first kappa shape index (κ1) is 64.8. The highest BCUT2D eigenvalue weighted by molar-refractivity contribution is 5.92. The van der Waals surface area contributed by atoms with Crippen LogP contribution in [-0.4, -0.2) is 89.2 Å². The summed E-state index contributed by atoms with van der Waals surface area (Å²) in [5, 5.41) is 22.7. The second-order valence-corrected chi connectivity index (χ2v) is 18.8. The first-order valence-corrected chi connectivity index (χ1v) is 27.1. The lowest BCUT2D eigenvalue weighted by Gasteiger charge is -2.21. The molecule has 2 atom stereocenters. The van der Waals surface area contributed by atoms with E-state index in [4.69, 9.17) is 25.1 Å². The van der Waals surface area contributed by atoms with E-state index in [1.165, 1.54) is 141 Å². The summed E-state index contributed by atoms with van der Waals surface area (Å²) in [5.74, 6) is -7.11. The standard InChI is InChI=1S/C53H95N3O13/c1-3-5-7-9-11-13-15-17-19-21-23-25-27-29-31-33-49(62)67-41-43(42-68-50(63)34-32-30-28-26-24-22-20-18-16-14-12-10-8-6-4-2)69-51(64)40-37-46(57)55-45(36-39-48(60)61)53(66)56-44(52(54)65)35-38-47(58)59/h43-45H,3-42H2,1-2H3,(H2,54,65)(H,55,57)(H,56,66)(H,58,59)(H,60,61). The van der Waals surface area contributed by atoms with E-state index >= 15 is 0 Å². The average Bonchev–Trinajstić information content (AvgIpc) is 3.31. The van der Waals surface area contributed by atoms with Crippen LogP contribution in [0.1, 0.15) is 258 Å². The molecule has 0 aromatic heterocycles. The molecule has 0 aliphatic rings. The van der Waals surface area contributed by atoms with E-state index in [-0.39, 0.29) is 38.9 Å². The maximum absolute atomic E-state index is 12.9. The molecule has 3 amide bonds. The molecule has 0 spiro atoms. The van der Waals surface area contributed by atoms with E-state index in [9.17, 15) is 43.5 Å². The fraction of sp³-hybridized carbons (Fsp3) is 0.849. The van der Waals surface area contributed by atoms with Crippen LogP contribution in [0.25, 0.3) is 0 Å². The molecule has 0 heterocycles. The summed E-state index contributed by atoms with van der Waals surface area (Å²) < 4.78 is 16.4. The fourth-order valence-electron chi connectivity index (χ4n) is 8.00. The minimum Gasteiger partial charge on any atom is -0.481 e. The van der Waals surface area contributed by atoms with Gasteiger partial charge in [-0.3, -0.25) is 38.4 Å². The molecule has 0 aliphatic heterocycles. The average molecular weight is 982 g/mol. The van der Waals surface area contributed by atoms with Crippen molar-refractivity contribution >= 4 is 47.6 Å². The maximum atomic E-state index is 12.9. The molecule has 0 saturated carbocycles. The van der Waals surface area contributed by atoms with Gasteiger partial charge in [0.05, 0.1) is 6.42 Å². The van der Waals surface area contributed by atoms with Crippen molar-refractivity contribution in [1.29, 1.82) is 0 Å². The summed E-state index contributed by atoms with van der Waals surface area (Å²) in [6.07, 6.45) is 32.5. The summed E-state index contributed by atoms with van der Waals surface area (Å²) in [6, 6.07) is -2.84. The Bertz CT molecular complexity index is 1340. The van der Waals surface area contributed by atoms with Gasteiger partial charge in [0.1, 0.15) is 25.3 Å². The molecule has 69 heavy (non-hydrogen) atoms. The highest BCUT2D eigenvalue weighted by Crippen LogP contribution is 2.16. The van der Waals surface area contributed by atoms with Crippen LogP contribution in [0.3, 0.4) is 0 Å². The summed E-state index contributed by atoms with van der Waals surface area (Å²) in [6.45, 7) is 3.76. The number of amides is 3. The molecule has 400 valence electrons. The van der Waals surface area contributed by atoms with Crippen molar-refractivity contribution in [3.8, 4) is 0 Å². The quantitative estimate of drug-likeness (QED) is 0.0216. The van der Waals surface area contributed by atoms with E-state index in [2.05, 4.69) is 24.5 Å². The second-order valence-electron chi connectivity index (χ2n) is 18.8. The summed E-state index contributed by atoms with van der Waals surface area (Å²) in [5.41, 5.74) is 5.30. The van der Waals surface area contributed by atoms with Gasteiger partial charge in [-0.2, -0.15) is 0 Å². The SMILES string of the molecule is CCCCCCCCCCCCCCCCCC(=O)OCC(COC(=O)CCCCCCCCCCCCCCCCC)OC(=O)CCC(=O)NC(CCC(=O)O)C(=O)NC(CCC(=O)O)C(N)=O. The number of aliphatic carboxylic acids is 2. The molecule has 0 saturated heterocycles. The highest BCUT2D eigenvalue weighted by Gasteiger charge is 2.27. The zero-order valence-corrected chi connectivity index (χ0v) is 43.0. The number of carbonyl (C=O) groups is 8. The van der Waals surface area contributed by atoms with E-state index in [0.717, 1.165) is 38.5 Å². The van der Waals surface area contributed by atoms with E-state index < -0.39 is 91.4 Å². The molecule has 2 unspecified atom stereocenters. The first-order chi connectivity index (χ1) is 33.3. The van der Waals surface area contributed by atoms with Gasteiger partial charge in [-0.1, -0.05) is 194 Å². The zero-order valence-electron chi connectivity index (χ0n) is 43.0. The van der Waals surface area contributed by atoms with Gasteiger partial charge >= 0.3 is 29.8 Å². The lowest BCUT2D eigenvalue weighted by Crippen LogP contribution is -2.53. The van der Waals surface area contributed by atoms with Crippen LogP contribution in [0.4, 0.5) is 0 Å². The third kappa shape index (κ3) is 43.5. The Balaban J connectivity index is 4.97. The minimum atomic E-state index is -1.45. The third-order valence-corrected chi connectivity index (χ3v) is 12.3. The number of ether oxygens (including phenoxy) is 3. The number of carbonyl (C=O) groups excluding carboxylic acids is 6. The zero-order chi connectivity index (χ0) is 51.2. The van der Waals surface area contributed by atoms with Gasteiger partial charge in [0.2, 0.25) is 17.7 Å². The Morgan fingerprint density at radius 3 is 1.07 bits per heavy atom. The minimum absolute atomic E-state index is 0.189. The van der Waals surface area contributed by atoms with Gasteiger partial charge in [0, 0.05) is 32.1 Å². The molecule has 6 N–H and O–H groups in total. The topological polar surface area (TPSA) is 255 Å². The number of carboxylic acid groups (broad SMARTS) is 2. The number of nitrogens with one attached hydrogen (secondary N) is 2. The van der Waals surface area contributed by atoms with Crippen molar-refractivity contribution in [2.45, 2.75) is 276 Å². The van der Waals surface area contributed by atoms with Crippen LogP contribution in [0.2, 0.25) is 0 Å². The number of esters is 3. The lowest BCUT2D eigenvalue weighted by molar-refractivity contribution is -0.167. The molecule has 0 fully saturated rings. The highest BCUT2D eigenvalue weighted by atomic mass is 16.6. The fourth-order valence-corrected chi connectivity index (χ4v) is 8.00. The normalized spacial score (nSPS) is 12.0. The molecular formula is C53H95N3O13. The van der Waals surface area contributed by atoms with Crippen molar-refractivity contribution < 1.29 is 62.8 Å². The molecule has 16 heteroatoms. The maximum Gasteiger partial charge on any atom is 0.306 e. The van der Waals surface area contributed by atoms with Crippen LogP contribution in [0.15, 0.2) is 0 Å². The van der Waals surface area contributed by atoms with Crippen molar-refractivity contribution in [2.75, 3.05) is 13.2 Å². The van der Waals surface area contributed by atoms with Gasteiger partial charge in [-0.15, -0.1) is 0 Å². The Hall–Kier alpha value is -4.24. The molecule has 0 radical (unpaired) electrons. The van der Waals surface area contributed by atoms with Crippen molar-refractivity contribution in [2.24, 2.45) is 5.73 Å². The first-order valence-electron chi connectivity index (χ1n) is 27.1. The van der Waals surface area contributed by atoms with E-state index in [1.54, 1.807) is 0 Å². The molecule has 0 bridgehead atoms. The monoisotopic (exact) mass is 982 g/mol. The number of primary amides is 1. The predicted octanol–water partition coefficient (Wildman–Crippen LogP) is 10.5. The molecule has 0 aromatic carbocycles. The largest absolute Gasteiger partial charge is 0.481 e. The Labute approximate surface area is 414 Å². The van der Waals surface area contributed by atoms with Gasteiger partial charge in [0.15, 0.2) is 6.10 Å². The van der Waals surface area contributed by atoms with Gasteiger partial charge in [-0.05, 0) is 25.7 Å². The molecular weight excluding hydrogens is 887 g/mol. The number of unbranched alkanes of at least 4 members (excludes halogenated alkanes) is 28. The Kier molecular flexibility index (Phi) is 43.3. The Morgan fingerprint density at radius 1 is 0.406 bits per heavy atom. The van der Waals surface area contributed by atoms with Crippen molar-refractivity contribution in [1.82, 2.24) is 10.6 Å². The van der Waals surface area contributed by atoms with Gasteiger partial charge < -0.3 is 40.8 Å². The van der Waals surface area contributed by atoms with Crippen molar-refractivity contribution in [3.05, 3.63) is 0 Å². The molecule has 0 aromatic rings. The van der Waals surface area contributed by atoms with Crippen LogP contribution < -0.4 is 16.4 Å². The number of hydrogen-bond donors (Lipinski definition) is 5. The summed E-state index contributed by atoms with van der Waals surface area (Å²) in [4.78, 5) is 98.1. The summed E-state index contributed by atoms with van der Waals surface area (Å²) in [7, 11) is 0. The van der Waals surface area contributed by atoms with Crippen LogP contribution >= 0.6 is 0 Å². The van der Waals surface area contributed by atoms with Crippen LogP contribution in [-0.2, 0) is 52.6 Å². The summed E-state index contributed by atoms with van der Waals surface area (Å²) >= 11 is 0. The Morgan fingerprint density at radius 2 is 0.739 bits per heavy atom. The van der Waals surface area contributed by atoms with E-state index in [0.29, 0.717) is 12.8 Å². The third-order valence-electron chi connectivity index (χ3n) is 12.3. The molecule has 0 aliphatic carbocycles. The molecule has 0 rings (SSSR count). The second kappa shape index (κ2) is 46.2. The number of carboxylic acids is 2. The smallest absolute Gasteiger partial charge is 0.306 e. The molecule has 16 nitrogen and oxygen atoms in total. The van der Waals surface area contributed by atoms with Crippen LogP contribution in [0, 0.1) is 0 Å².